The lowest BCUT2D eigenvalue weighted by Crippen LogP contribution is -2.36. The third-order valence-electron chi connectivity index (χ3n) is 4.74. The van der Waals surface area contributed by atoms with Gasteiger partial charge in [-0.3, -0.25) is 14.5 Å². The topological polar surface area (TPSA) is 70.7 Å². The molecule has 0 spiro atoms. The molecule has 1 aliphatic rings. The molecule has 1 saturated heterocycles. The molecule has 0 unspecified atom stereocenters. The van der Waals surface area contributed by atoms with Crippen LogP contribution >= 0.6 is 0 Å². The Hall–Kier alpha value is -1.92. The maximum Gasteiger partial charge on any atom is 0.250 e. The number of hydrogen-bond donors (Lipinski definition) is 2. The molecule has 1 heterocycles. The first kappa shape index (κ1) is 21.4. The Morgan fingerprint density at radius 3 is 2.59 bits per heavy atom. The lowest BCUT2D eigenvalue weighted by molar-refractivity contribution is -0.120. The molecule has 1 aromatic rings. The van der Waals surface area contributed by atoms with Crippen LogP contribution in [0.15, 0.2) is 18.2 Å². The monoisotopic (exact) mass is 375 g/mol. The summed E-state index contributed by atoms with van der Waals surface area (Å²) in [6, 6.07) is 5.54. The molecule has 0 saturated carbocycles. The van der Waals surface area contributed by atoms with E-state index in [4.69, 9.17) is 4.74 Å². The van der Waals surface area contributed by atoms with Crippen molar-refractivity contribution < 1.29 is 14.3 Å². The molecule has 2 N–H and O–H groups in total. The summed E-state index contributed by atoms with van der Waals surface area (Å²) in [4.78, 5) is 26.5. The fourth-order valence-electron chi connectivity index (χ4n) is 3.16. The highest BCUT2D eigenvalue weighted by Gasteiger charge is 2.14. The van der Waals surface area contributed by atoms with Gasteiger partial charge in [-0.25, -0.2) is 0 Å². The number of piperidine rings is 1. The minimum atomic E-state index is -0.180. The Morgan fingerprint density at radius 2 is 1.85 bits per heavy atom. The molecule has 27 heavy (non-hydrogen) atoms. The number of benzene rings is 1. The number of unbranched alkanes of at least 4 members (excludes halogenated alkanes) is 2. The first-order valence-corrected chi connectivity index (χ1v) is 10.1. The molecule has 0 radical (unpaired) electrons. The van der Waals surface area contributed by atoms with Gasteiger partial charge in [-0.05, 0) is 57.0 Å². The maximum atomic E-state index is 12.3. The predicted molar refractivity (Wildman–Crippen MR) is 109 cm³/mol. The molecule has 6 nitrogen and oxygen atoms in total. The molecule has 1 fully saturated rings. The summed E-state index contributed by atoms with van der Waals surface area (Å²) in [5.74, 6) is -0.191. The normalized spacial score (nSPS) is 14.7. The third-order valence-corrected chi connectivity index (χ3v) is 4.74. The number of hydrogen-bond acceptors (Lipinski definition) is 4. The van der Waals surface area contributed by atoms with Crippen LogP contribution < -0.4 is 10.6 Å². The van der Waals surface area contributed by atoms with Crippen LogP contribution in [0.1, 0.15) is 51.0 Å². The van der Waals surface area contributed by atoms with E-state index < -0.39 is 0 Å². The van der Waals surface area contributed by atoms with Crippen LogP contribution in [0.4, 0.5) is 11.4 Å². The summed E-state index contributed by atoms with van der Waals surface area (Å²) in [7, 11) is 0. The molecular weight excluding hydrogens is 342 g/mol. The molecule has 150 valence electrons. The van der Waals surface area contributed by atoms with E-state index in [-0.39, 0.29) is 18.4 Å². The Labute approximate surface area is 162 Å². The zero-order valence-corrected chi connectivity index (χ0v) is 16.7. The second kappa shape index (κ2) is 11.7. The van der Waals surface area contributed by atoms with Gasteiger partial charge in [0.15, 0.2) is 0 Å². The van der Waals surface area contributed by atoms with E-state index in [1.54, 1.807) is 6.07 Å². The van der Waals surface area contributed by atoms with Crippen molar-refractivity contribution in [2.24, 2.45) is 0 Å². The minimum absolute atomic E-state index is 0.0114. The van der Waals surface area contributed by atoms with Gasteiger partial charge in [0.25, 0.3) is 0 Å². The molecule has 6 heteroatoms. The van der Waals surface area contributed by atoms with Gasteiger partial charge in [0.05, 0.1) is 6.54 Å². The number of likely N-dealkylation sites (tertiary alicyclic amines) is 1. The van der Waals surface area contributed by atoms with Gasteiger partial charge in [-0.2, -0.15) is 0 Å². The standard InChI is InChI=1S/C21H33N3O3/c1-3-4-8-13-27-16-21(26)22-18-10-9-17(2)19(14-18)23-20(25)15-24-11-6-5-7-12-24/h9-10,14H,3-8,11-13,15-16H2,1-2H3,(H,22,26)(H,23,25). The summed E-state index contributed by atoms with van der Waals surface area (Å²) in [5, 5.41) is 5.80. The number of carbonyl (C=O) groups is 2. The number of ether oxygens (including phenoxy) is 1. The Morgan fingerprint density at radius 1 is 1.07 bits per heavy atom. The average Bonchev–Trinajstić information content (AvgIpc) is 2.65. The number of aryl methyl sites for hydroxylation is 1. The Kier molecular flexibility index (Phi) is 9.28. The molecule has 1 aliphatic heterocycles. The highest BCUT2D eigenvalue weighted by molar-refractivity contribution is 5.95. The van der Waals surface area contributed by atoms with Crippen LogP contribution in [-0.2, 0) is 14.3 Å². The van der Waals surface area contributed by atoms with Crippen molar-refractivity contribution in [2.45, 2.75) is 52.4 Å². The van der Waals surface area contributed by atoms with Gasteiger partial charge in [0.2, 0.25) is 11.8 Å². The molecule has 2 rings (SSSR count). The zero-order chi connectivity index (χ0) is 19.5. The smallest absolute Gasteiger partial charge is 0.250 e. The van der Waals surface area contributed by atoms with Crippen LogP contribution in [0.3, 0.4) is 0 Å². The molecule has 2 amide bonds. The summed E-state index contributed by atoms with van der Waals surface area (Å²) in [6.45, 7) is 7.12. The van der Waals surface area contributed by atoms with E-state index >= 15 is 0 Å². The van der Waals surface area contributed by atoms with Gasteiger partial charge in [-0.15, -0.1) is 0 Å². The zero-order valence-electron chi connectivity index (χ0n) is 16.7. The summed E-state index contributed by atoms with van der Waals surface area (Å²) in [5.41, 5.74) is 2.37. The molecule has 0 atom stereocenters. The number of nitrogens with one attached hydrogen (secondary N) is 2. The Bertz CT molecular complexity index is 613. The molecule has 1 aromatic carbocycles. The second-order valence-corrected chi connectivity index (χ2v) is 7.22. The Balaban J connectivity index is 1.81. The molecular formula is C21H33N3O3. The molecule has 0 aromatic heterocycles. The van der Waals surface area contributed by atoms with Crippen molar-refractivity contribution in [1.82, 2.24) is 4.90 Å². The predicted octanol–water partition coefficient (Wildman–Crippen LogP) is 3.56. The average molecular weight is 376 g/mol. The van der Waals surface area contributed by atoms with Crippen LogP contribution in [-0.4, -0.2) is 49.6 Å². The highest BCUT2D eigenvalue weighted by Crippen LogP contribution is 2.20. The van der Waals surface area contributed by atoms with Gasteiger partial charge >= 0.3 is 0 Å². The van der Waals surface area contributed by atoms with Gasteiger partial charge in [0, 0.05) is 18.0 Å². The van der Waals surface area contributed by atoms with Crippen molar-refractivity contribution in [2.75, 3.05) is 43.5 Å². The van der Waals surface area contributed by atoms with Crippen LogP contribution in [0.25, 0.3) is 0 Å². The van der Waals surface area contributed by atoms with Gasteiger partial charge in [0.1, 0.15) is 6.61 Å². The van der Waals surface area contributed by atoms with Crippen molar-refractivity contribution in [1.29, 1.82) is 0 Å². The largest absolute Gasteiger partial charge is 0.372 e. The van der Waals surface area contributed by atoms with E-state index in [0.29, 0.717) is 18.8 Å². The maximum absolute atomic E-state index is 12.3. The number of amides is 2. The number of anilines is 2. The van der Waals surface area contributed by atoms with Crippen molar-refractivity contribution >= 4 is 23.2 Å². The number of carbonyl (C=O) groups excluding carboxylic acids is 2. The SMILES string of the molecule is CCCCCOCC(=O)Nc1ccc(C)c(NC(=O)CN2CCCCC2)c1. The van der Waals surface area contributed by atoms with Crippen molar-refractivity contribution in [3.8, 4) is 0 Å². The van der Waals surface area contributed by atoms with Crippen molar-refractivity contribution in [3.05, 3.63) is 23.8 Å². The fourth-order valence-corrected chi connectivity index (χ4v) is 3.16. The third kappa shape index (κ3) is 8.10. The first-order chi connectivity index (χ1) is 13.1. The highest BCUT2D eigenvalue weighted by atomic mass is 16.5. The summed E-state index contributed by atoms with van der Waals surface area (Å²) < 4.78 is 5.39. The van der Waals surface area contributed by atoms with E-state index in [0.717, 1.165) is 56.4 Å². The summed E-state index contributed by atoms with van der Waals surface area (Å²) >= 11 is 0. The van der Waals surface area contributed by atoms with E-state index in [9.17, 15) is 9.59 Å². The lowest BCUT2D eigenvalue weighted by atomic mass is 10.1. The quantitative estimate of drug-likeness (QED) is 0.614. The number of rotatable bonds is 10. The molecule has 0 bridgehead atoms. The summed E-state index contributed by atoms with van der Waals surface area (Å²) in [6.07, 6.45) is 6.79. The number of nitrogens with zero attached hydrogens (tertiary/aromatic N) is 1. The van der Waals surface area contributed by atoms with Gasteiger partial charge < -0.3 is 15.4 Å². The van der Waals surface area contributed by atoms with E-state index in [1.165, 1.54) is 6.42 Å². The minimum Gasteiger partial charge on any atom is -0.372 e. The first-order valence-electron chi connectivity index (χ1n) is 10.1. The fraction of sp³-hybridized carbons (Fsp3) is 0.619. The van der Waals surface area contributed by atoms with E-state index in [1.807, 2.05) is 19.1 Å². The van der Waals surface area contributed by atoms with Crippen molar-refractivity contribution in [3.63, 3.8) is 0 Å². The van der Waals surface area contributed by atoms with Crippen LogP contribution in [0, 0.1) is 6.92 Å². The van der Waals surface area contributed by atoms with Crippen LogP contribution in [0.2, 0.25) is 0 Å². The van der Waals surface area contributed by atoms with Crippen LogP contribution in [0.5, 0.6) is 0 Å². The lowest BCUT2D eigenvalue weighted by Gasteiger charge is -2.25. The molecule has 0 aliphatic carbocycles. The second-order valence-electron chi connectivity index (χ2n) is 7.22. The van der Waals surface area contributed by atoms with Gasteiger partial charge in [-0.1, -0.05) is 32.3 Å². The van der Waals surface area contributed by atoms with E-state index in [2.05, 4.69) is 22.5 Å².